The molecule has 1 aromatic rings. The molecule has 1 aliphatic heterocycles. The van der Waals surface area contributed by atoms with Gasteiger partial charge in [-0.25, -0.2) is 14.0 Å². The molecule has 1 aromatic carbocycles. The number of hydrogen-bond acceptors (Lipinski definition) is 5. The van der Waals surface area contributed by atoms with Gasteiger partial charge in [0, 0.05) is 26.2 Å². The normalized spacial score (nSPS) is 15.5. The van der Waals surface area contributed by atoms with Crippen molar-refractivity contribution in [3.63, 3.8) is 0 Å². The summed E-state index contributed by atoms with van der Waals surface area (Å²) in [5.41, 5.74) is -0.591. The highest BCUT2D eigenvalue weighted by Crippen LogP contribution is 2.24. The molecule has 0 radical (unpaired) electrons. The van der Waals surface area contributed by atoms with Crippen molar-refractivity contribution >= 4 is 17.7 Å². The lowest BCUT2D eigenvalue weighted by Crippen LogP contribution is -2.50. The highest BCUT2D eigenvalue weighted by atomic mass is 19.1. The van der Waals surface area contributed by atoms with Crippen LogP contribution in [-0.4, -0.2) is 54.3 Å². The Kier molecular flexibility index (Phi) is 6.02. The zero-order valence-corrected chi connectivity index (χ0v) is 17.0. The Morgan fingerprint density at radius 2 is 1.48 bits per heavy atom. The van der Waals surface area contributed by atoms with Gasteiger partial charge in [0.05, 0.1) is 11.3 Å². The van der Waals surface area contributed by atoms with Crippen LogP contribution in [0.4, 0.5) is 14.9 Å². The van der Waals surface area contributed by atoms with E-state index in [2.05, 4.69) is 0 Å². The van der Waals surface area contributed by atoms with Crippen molar-refractivity contribution in [1.82, 2.24) is 4.90 Å². The summed E-state index contributed by atoms with van der Waals surface area (Å²) in [6.07, 6.45) is -0.358. The van der Waals surface area contributed by atoms with Crippen molar-refractivity contribution in [3.05, 3.63) is 29.6 Å². The van der Waals surface area contributed by atoms with Crippen molar-refractivity contribution in [1.29, 1.82) is 0 Å². The van der Waals surface area contributed by atoms with Crippen LogP contribution in [0.5, 0.6) is 0 Å². The van der Waals surface area contributed by atoms with Gasteiger partial charge in [-0.1, -0.05) is 0 Å². The molecule has 150 valence electrons. The maximum Gasteiger partial charge on any atom is 0.410 e. The van der Waals surface area contributed by atoms with Crippen LogP contribution in [0.3, 0.4) is 0 Å². The second-order valence-electron chi connectivity index (χ2n) is 8.62. The van der Waals surface area contributed by atoms with Crippen LogP contribution >= 0.6 is 0 Å². The Hall–Kier alpha value is -2.31. The minimum absolute atomic E-state index is 0.179. The van der Waals surface area contributed by atoms with Crippen LogP contribution in [0.2, 0.25) is 0 Å². The standard InChI is InChI=1S/C20H29FN2O4/c1-19(2,3)26-17(24)14-7-8-16(15(21)13-14)22-9-11-23(12-10-22)18(25)27-20(4,5)6/h7-8,13H,9-12H2,1-6H3. The SMILES string of the molecule is CC(C)(C)OC(=O)c1ccc(N2CCN(C(=O)OC(C)(C)C)CC2)c(F)c1. The first kappa shape index (κ1) is 21.0. The summed E-state index contributed by atoms with van der Waals surface area (Å²) in [5.74, 6) is -1.04. The third-order valence-electron chi connectivity index (χ3n) is 3.85. The van der Waals surface area contributed by atoms with E-state index in [9.17, 15) is 14.0 Å². The second-order valence-corrected chi connectivity index (χ2v) is 8.62. The fourth-order valence-electron chi connectivity index (χ4n) is 2.68. The van der Waals surface area contributed by atoms with Crippen LogP contribution in [0.1, 0.15) is 51.9 Å². The van der Waals surface area contributed by atoms with E-state index >= 15 is 0 Å². The molecule has 1 saturated heterocycles. The fourth-order valence-corrected chi connectivity index (χ4v) is 2.68. The molecule has 0 unspecified atom stereocenters. The number of rotatable bonds is 2. The summed E-state index contributed by atoms with van der Waals surface area (Å²) in [5, 5.41) is 0. The molecule has 0 atom stereocenters. The summed E-state index contributed by atoms with van der Waals surface area (Å²) in [4.78, 5) is 27.7. The Balaban J connectivity index is 2.00. The first-order valence-corrected chi connectivity index (χ1v) is 9.11. The number of ether oxygens (including phenoxy) is 2. The molecular weight excluding hydrogens is 351 g/mol. The number of halogens is 1. The van der Waals surface area contributed by atoms with Crippen molar-refractivity contribution in [2.75, 3.05) is 31.1 Å². The van der Waals surface area contributed by atoms with E-state index in [1.165, 1.54) is 6.07 Å². The number of benzene rings is 1. The fraction of sp³-hybridized carbons (Fsp3) is 0.600. The topological polar surface area (TPSA) is 59.1 Å². The summed E-state index contributed by atoms with van der Waals surface area (Å²) in [6.45, 7) is 12.6. The maximum absolute atomic E-state index is 14.6. The second kappa shape index (κ2) is 7.74. The zero-order chi connectivity index (χ0) is 20.4. The third kappa shape index (κ3) is 6.12. The summed E-state index contributed by atoms with van der Waals surface area (Å²) in [6, 6.07) is 4.34. The number of amides is 1. The van der Waals surface area contributed by atoms with Gasteiger partial charge in [-0.15, -0.1) is 0 Å². The molecule has 0 aromatic heterocycles. The highest BCUT2D eigenvalue weighted by molar-refractivity contribution is 5.90. The largest absolute Gasteiger partial charge is 0.456 e. The van der Waals surface area contributed by atoms with Crippen LogP contribution in [0.25, 0.3) is 0 Å². The minimum Gasteiger partial charge on any atom is -0.456 e. The van der Waals surface area contributed by atoms with Crippen LogP contribution < -0.4 is 4.90 Å². The monoisotopic (exact) mass is 380 g/mol. The predicted octanol–water partition coefficient (Wildman–Crippen LogP) is 3.84. The Labute approximate surface area is 160 Å². The molecule has 0 N–H and O–H groups in total. The number of piperazine rings is 1. The Bertz CT molecular complexity index is 699. The van der Waals surface area contributed by atoms with Crippen LogP contribution in [0, 0.1) is 5.82 Å². The smallest absolute Gasteiger partial charge is 0.410 e. The van der Waals surface area contributed by atoms with Crippen molar-refractivity contribution in [2.24, 2.45) is 0 Å². The molecule has 0 saturated carbocycles. The van der Waals surface area contributed by atoms with Crippen LogP contribution in [-0.2, 0) is 9.47 Å². The van der Waals surface area contributed by atoms with Gasteiger partial charge in [-0.2, -0.15) is 0 Å². The van der Waals surface area contributed by atoms with E-state index in [0.717, 1.165) is 0 Å². The lowest BCUT2D eigenvalue weighted by Gasteiger charge is -2.36. The molecule has 27 heavy (non-hydrogen) atoms. The summed E-state index contributed by atoms with van der Waals surface area (Å²) in [7, 11) is 0. The van der Waals surface area contributed by atoms with E-state index in [4.69, 9.17) is 9.47 Å². The Morgan fingerprint density at radius 3 is 1.96 bits per heavy atom. The number of carbonyl (C=O) groups is 2. The lowest BCUT2D eigenvalue weighted by atomic mass is 10.1. The molecule has 2 rings (SSSR count). The molecule has 0 aliphatic carbocycles. The molecule has 0 spiro atoms. The first-order chi connectivity index (χ1) is 12.4. The maximum atomic E-state index is 14.6. The number of esters is 1. The lowest BCUT2D eigenvalue weighted by molar-refractivity contribution is 0.00681. The van der Waals surface area contributed by atoms with Gasteiger partial charge in [-0.05, 0) is 59.7 Å². The summed E-state index contributed by atoms with van der Waals surface area (Å²) >= 11 is 0. The van der Waals surface area contributed by atoms with E-state index in [1.54, 1.807) is 37.8 Å². The number of hydrogen-bond donors (Lipinski definition) is 0. The molecular formula is C20H29FN2O4. The molecule has 0 bridgehead atoms. The quantitative estimate of drug-likeness (QED) is 0.730. The van der Waals surface area contributed by atoms with Crippen molar-refractivity contribution < 1.29 is 23.5 Å². The van der Waals surface area contributed by atoms with Crippen molar-refractivity contribution in [2.45, 2.75) is 52.7 Å². The predicted molar refractivity (Wildman–Crippen MR) is 102 cm³/mol. The number of anilines is 1. The van der Waals surface area contributed by atoms with E-state index in [1.807, 2.05) is 25.7 Å². The average molecular weight is 380 g/mol. The molecule has 1 heterocycles. The van der Waals surface area contributed by atoms with Gasteiger partial charge in [0.25, 0.3) is 0 Å². The molecule has 7 heteroatoms. The number of carbonyl (C=O) groups excluding carboxylic acids is 2. The van der Waals surface area contributed by atoms with Gasteiger partial charge in [0.15, 0.2) is 0 Å². The Morgan fingerprint density at radius 1 is 0.926 bits per heavy atom. The van der Waals surface area contributed by atoms with Gasteiger partial charge in [0.1, 0.15) is 17.0 Å². The average Bonchev–Trinajstić information content (AvgIpc) is 2.51. The van der Waals surface area contributed by atoms with E-state index < -0.39 is 23.0 Å². The van der Waals surface area contributed by atoms with E-state index in [0.29, 0.717) is 31.9 Å². The molecule has 6 nitrogen and oxygen atoms in total. The summed E-state index contributed by atoms with van der Waals surface area (Å²) < 4.78 is 25.2. The van der Waals surface area contributed by atoms with Gasteiger partial charge in [0.2, 0.25) is 0 Å². The zero-order valence-electron chi connectivity index (χ0n) is 17.0. The molecule has 1 amide bonds. The number of nitrogens with zero attached hydrogens (tertiary/aromatic N) is 2. The van der Waals surface area contributed by atoms with E-state index in [-0.39, 0.29) is 11.7 Å². The first-order valence-electron chi connectivity index (χ1n) is 9.11. The molecule has 1 fully saturated rings. The van der Waals surface area contributed by atoms with Gasteiger partial charge >= 0.3 is 12.1 Å². The third-order valence-corrected chi connectivity index (χ3v) is 3.85. The van der Waals surface area contributed by atoms with Crippen molar-refractivity contribution in [3.8, 4) is 0 Å². The van der Waals surface area contributed by atoms with Gasteiger partial charge in [-0.3, -0.25) is 0 Å². The minimum atomic E-state index is -0.635. The molecule has 1 aliphatic rings. The van der Waals surface area contributed by atoms with Gasteiger partial charge < -0.3 is 19.3 Å². The van der Waals surface area contributed by atoms with Crippen LogP contribution in [0.15, 0.2) is 18.2 Å². The highest BCUT2D eigenvalue weighted by Gasteiger charge is 2.27.